The lowest BCUT2D eigenvalue weighted by molar-refractivity contribution is 0.00578. The fourth-order valence-corrected chi connectivity index (χ4v) is 7.03. The first kappa shape index (κ1) is 27.4. The number of rotatable bonds is 3. The number of benzene rings is 6. The average Bonchev–Trinajstić information content (AvgIpc) is 3.39. The highest BCUT2D eigenvalue weighted by Crippen LogP contribution is 2.49. The molecule has 1 fully saturated rings. The Balaban J connectivity index is 1.11. The van der Waals surface area contributed by atoms with E-state index in [4.69, 9.17) is 9.31 Å². The van der Waals surface area contributed by atoms with Gasteiger partial charge < -0.3 is 9.31 Å². The molecule has 1 saturated heterocycles. The molecule has 6 aromatic carbocycles. The van der Waals surface area contributed by atoms with Gasteiger partial charge in [-0.1, -0.05) is 105 Å². The third kappa shape index (κ3) is 4.18. The van der Waals surface area contributed by atoms with Crippen molar-refractivity contribution in [3.63, 3.8) is 0 Å². The number of hydrogen-bond donors (Lipinski definition) is 0. The van der Waals surface area contributed by atoms with Crippen molar-refractivity contribution in [2.75, 3.05) is 0 Å². The van der Waals surface area contributed by atoms with E-state index in [0.29, 0.717) is 0 Å². The molecule has 0 radical (unpaired) electrons. The van der Waals surface area contributed by atoms with Gasteiger partial charge in [0.15, 0.2) is 0 Å². The van der Waals surface area contributed by atoms with Gasteiger partial charge in [-0.05, 0) is 123 Å². The summed E-state index contributed by atoms with van der Waals surface area (Å²) in [7, 11) is -0.361. The van der Waals surface area contributed by atoms with Crippen molar-refractivity contribution in [1.29, 1.82) is 0 Å². The molecule has 8 rings (SSSR count). The average molecular weight is 573 g/mol. The van der Waals surface area contributed by atoms with Gasteiger partial charge in [-0.2, -0.15) is 0 Å². The quantitative estimate of drug-likeness (QED) is 0.197. The summed E-state index contributed by atoms with van der Waals surface area (Å²) in [5.41, 5.74) is 10.5. The van der Waals surface area contributed by atoms with Gasteiger partial charge >= 0.3 is 7.12 Å². The van der Waals surface area contributed by atoms with E-state index >= 15 is 0 Å². The zero-order chi connectivity index (χ0) is 30.4. The van der Waals surface area contributed by atoms with Crippen LogP contribution in [-0.2, 0) is 14.7 Å². The van der Waals surface area contributed by atoms with E-state index in [-0.39, 0.29) is 23.7 Å². The van der Waals surface area contributed by atoms with E-state index in [0.717, 1.165) is 5.46 Å². The van der Waals surface area contributed by atoms with Gasteiger partial charge in [0.25, 0.3) is 0 Å². The maximum absolute atomic E-state index is 6.39. The van der Waals surface area contributed by atoms with Gasteiger partial charge in [-0.3, -0.25) is 0 Å². The SMILES string of the molecule is CC1(C)c2cc(B3OC(C)(C)C(C)(C)O3)ccc2-c2ccc(-c3ccc4cc(-c5ccc6ccccc6c5)ccc4c3)cc21. The normalized spacial score (nSPS) is 17.6. The fraction of sp³-hybridized carbons (Fsp3) is 0.220. The molecule has 2 nitrogen and oxygen atoms in total. The van der Waals surface area contributed by atoms with Gasteiger partial charge in [0.2, 0.25) is 0 Å². The van der Waals surface area contributed by atoms with Crippen molar-refractivity contribution in [1.82, 2.24) is 0 Å². The third-order valence-electron chi connectivity index (χ3n) is 10.5. The maximum Gasteiger partial charge on any atom is 0.494 e. The summed E-state index contributed by atoms with van der Waals surface area (Å²) in [6.07, 6.45) is 0. The molecule has 0 aromatic heterocycles. The molecule has 6 aromatic rings. The molecule has 3 heteroatoms. The van der Waals surface area contributed by atoms with E-state index in [1.807, 2.05) is 0 Å². The van der Waals surface area contributed by atoms with Crippen molar-refractivity contribution in [2.45, 2.75) is 58.2 Å². The summed E-state index contributed by atoms with van der Waals surface area (Å²) in [5.74, 6) is 0. The van der Waals surface area contributed by atoms with Crippen LogP contribution in [0.4, 0.5) is 0 Å². The smallest absolute Gasteiger partial charge is 0.399 e. The molecular formula is C41H37BO2. The van der Waals surface area contributed by atoms with Crippen molar-refractivity contribution in [2.24, 2.45) is 0 Å². The fourth-order valence-electron chi connectivity index (χ4n) is 7.03. The molecule has 1 aliphatic heterocycles. The minimum atomic E-state index is -0.361. The topological polar surface area (TPSA) is 18.5 Å². The van der Waals surface area contributed by atoms with Crippen molar-refractivity contribution in [3.8, 4) is 33.4 Å². The van der Waals surface area contributed by atoms with Crippen molar-refractivity contribution in [3.05, 3.63) is 126 Å². The van der Waals surface area contributed by atoms with Crippen LogP contribution in [0, 0.1) is 0 Å². The van der Waals surface area contributed by atoms with E-state index in [1.54, 1.807) is 0 Å². The molecular weight excluding hydrogens is 535 g/mol. The largest absolute Gasteiger partial charge is 0.494 e. The Labute approximate surface area is 260 Å². The highest BCUT2D eigenvalue weighted by molar-refractivity contribution is 6.62. The molecule has 0 amide bonds. The molecule has 0 unspecified atom stereocenters. The summed E-state index contributed by atoms with van der Waals surface area (Å²) in [4.78, 5) is 0. The molecule has 2 aliphatic rings. The minimum absolute atomic E-state index is 0.133. The van der Waals surface area contributed by atoms with E-state index in [9.17, 15) is 0 Å². The summed E-state index contributed by atoms with van der Waals surface area (Å²) >= 11 is 0. The Bertz CT molecular complexity index is 2100. The van der Waals surface area contributed by atoms with E-state index in [1.165, 1.54) is 66.1 Å². The highest BCUT2D eigenvalue weighted by atomic mass is 16.7. The molecule has 0 spiro atoms. The summed E-state index contributed by atoms with van der Waals surface area (Å²) in [6.45, 7) is 13.1. The molecule has 216 valence electrons. The molecule has 1 heterocycles. The maximum atomic E-state index is 6.39. The Morgan fingerprint density at radius 2 is 0.864 bits per heavy atom. The van der Waals surface area contributed by atoms with Gasteiger partial charge in [-0.25, -0.2) is 0 Å². The second kappa shape index (κ2) is 9.41. The Morgan fingerprint density at radius 3 is 1.45 bits per heavy atom. The Morgan fingerprint density at radius 1 is 0.432 bits per heavy atom. The molecule has 0 atom stereocenters. The Kier molecular flexibility index (Phi) is 5.86. The standard InChI is InChI=1S/C41H37BO2/c1-39(2)37-24-33(17-19-35(37)36-20-18-34(25-38(36)39)42-43-40(3,4)41(5,6)44-42)32-16-15-30-22-29(13-14-31(30)23-32)28-12-11-26-9-7-8-10-27(26)21-28/h7-25H,1-6H3. The lowest BCUT2D eigenvalue weighted by Crippen LogP contribution is -2.41. The van der Waals surface area contributed by atoms with Crippen LogP contribution >= 0.6 is 0 Å². The van der Waals surface area contributed by atoms with Crippen LogP contribution in [0.15, 0.2) is 115 Å². The zero-order valence-corrected chi connectivity index (χ0v) is 26.4. The van der Waals surface area contributed by atoms with Crippen molar-refractivity contribution >= 4 is 34.1 Å². The number of fused-ring (bicyclic) bond motifs is 5. The lowest BCUT2D eigenvalue weighted by Gasteiger charge is -2.32. The van der Waals surface area contributed by atoms with Gasteiger partial charge in [0, 0.05) is 5.41 Å². The third-order valence-corrected chi connectivity index (χ3v) is 10.5. The van der Waals surface area contributed by atoms with Crippen LogP contribution < -0.4 is 5.46 Å². The second-order valence-corrected chi connectivity index (χ2v) is 14.1. The minimum Gasteiger partial charge on any atom is -0.399 e. The summed E-state index contributed by atoms with van der Waals surface area (Å²) in [5, 5.41) is 5.05. The van der Waals surface area contributed by atoms with Crippen LogP contribution in [0.5, 0.6) is 0 Å². The number of hydrogen-bond acceptors (Lipinski definition) is 2. The predicted molar refractivity (Wildman–Crippen MR) is 186 cm³/mol. The van der Waals surface area contributed by atoms with Gasteiger partial charge in [-0.15, -0.1) is 0 Å². The van der Waals surface area contributed by atoms with E-state index in [2.05, 4.69) is 157 Å². The van der Waals surface area contributed by atoms with Crippen LogP contribution in [0.1, 0.15) is 52.7 Å². The first-order chi connectivity index (χ1) is 21.0. The lowest BCUT2D eigenvalue weighted by atomic mass is 9.74. The molecule has 1 aliphatic carbocycles. The zero-order valence-electron chi connectivity index (χ0n) is 26.4. The van der Waals surface area contributed by atoms with E-state index < -0.39 is 0 Å². The molecule has 0 bridgehead atoms. The van der Waals surface area contributed by atoms with Crippen LogP contribution in [0.2, 0.25) is 0 Å². The first-order valence-corrected chi connectivity index (χ1v) is 15.7. The molecule has 0 saturated carbocycles. The van der Waals surface area contributed by atoms with Gasteiger partial charge in [0.1, 0.15) is 0 Å². The van der Waals surface area contributed by atoms with Crippen LogP contribution in [0.3, 0.4) is 0 Å². The summed E-state index contributed by atoms with van der Waals surface area (Å²) < 4.78 is 12.8. The molecule has 44 heavy (non-hydrogen) atoms. The monoisotopic (exact) mass is 572 g/mol. The highest BCUT2D eigenvalue weighted by Gasteiger charge is 2.52. The van der Waals surface area contributed by atoms with Crippen LogP contribution in [0.25, 0.3) is 54.9 Å². The Hall–Kier alpha value is -4.18. The van der Waals surface area contributed by atoms with Gasteiger partial charge in [0.05, 0.1) is 11.2 Å². The van der Waals surface area contributed by atoms with Crippen molar-refractivity contribution < 1.29 is 9.31 Å². The van der Waals surface area contributed by atoms with Crippen LogP contribution in [-0.4, -0.2) is 18.3 Å². The predicted octanol–water partition coefficient (Wildman–Crippen LogP) is 9.93. The second-order valence-electron chi connectivity index (χ2n) is 14.1. The first-order valence-electron chi connectivity index (χ1n) is 15.7. The summed E-state index contributed by atoms with van der Waals surface area (Å²) in [6, 6.07) is 42.6. The molecule has 0 N–H and O–H groups in total.